The largest absolute Gasteiger partial charge is 0.360 e. The first-order valence-corrected chi connectivity index (χ1v) is 8.61. The second-order valence-electron chi connectivity index (χ2n) is 6.10. The van der Waals surface area contributed by atoms with Crippen molar-refractivity contribution in [3.05, 3.63) is 99.1 Å². The Morgan fingerprint density at radius 3 is 2.48 bits per heavy atom. The van der Waals surface area contributed by atoms with E-state index in [2.05, 4.69) is 5.32 Å². The molecule has 7 heteroatoms. The molecule has 0 saturated carbocycles. The summed E-state index contributed by atoms with van der Waals surface area (Å²) in [5.41, 5.74) is 2.44. The quantitative estimate of drug-likeness (QED) is 0.512. The zero-order valence-electron chi connectivity index (χ0n) is 14.0. The van der Waals surface area contributed by atoms with Gasteiger partial charge in [0.05, 0.1) is 10.5 Å². The third kappa shape index (κ3) is 3.11. The van der Waals surface area contributed by atoms with Crippen molar-refractivity contribution in [1.82, 2.24) is 0 Å². The van der Waals surface area contributed by atoms with Crippen LogP contribution in [-0.4, -0.2) is 10.8 Å². The van der Waals surface area contributed by atoms with Crippen LogP contribution in [0.4, 0.5) is 17.1 Å². The fourth-order valence-electron chi connectivity index (χ4n) is 3.16. The highest BCUT2D eigenvalue weighted by Crippen LogP contribution is 2.37. The van der Waals surface area contributed by atoms with Gasteiger partial charge in [-0.2, -0.15) is 0 Å². The number of nitro groups is 1. The second-order valence-corrected chi connectivity index (χ2v) is 6.53. The van der Waals surface area contributed by atoms with E-state index < -0.39 is 11.1 Å². The fourth-order valence-corrected chi connectivity index (χ4v) is 3.29. The van der Waals surface area contributed by atoms with Crippen molar-refractivity contribution in [1.29, 1.82) is 0 Å². The number of nitrogens with one attached hydrogen (secondary N) is 1. The molecule has 134 valence electrons. The lowest BCUT2D eigenvalue weighted by Gasteiger charge is -2.38. The number of benzene rings is 3. The van der Waals surface area contributed by atoms with Gasteiger partial charge in [0.1, 0.15) is 6.17 Å². The number of para-hydroxylation sites is 1. The van der Waals surface area contributed by atoms with Crippen molar-refractivity contribution in [2.45, 2.75) is 6.17 Å². The zero-order chi connectivity index (χ0) is 19.0. The van der Waals surface area contributed by atoms with Gasteiger partial charge in [-0.3, -0.25) is 19.8 Å². The first-order valence-electron chi connectivity index (χ1n) is 8.23. The Bertz CT molecular complexity index is 1040. The molecule has 0 radical (unpaired) electrons. The number of nitro benzene ring substituents is 1. The third-order valence-electron chi connectivity index (χ3n) is 4.43. The standard InChI is InChI=1S/C20H14ClN3O3/c21-14-8-10-15(11-9-14)23-19(13-4-3-5-16(12-13)24(26)27)22-18-7-2-1-6-17(18)20(23)25/h1-12,19,22H/t19-/m1/s1. The number of nitrogens with zero attached hydrogens (tertiary/aromatic N) is 2. The van der Waals surface area contributed by atoms with E-state index in [-0.39, 0.29) is 11.6 Å². The Morgan fingerprint density at radius 2 is 1.74 bits per heavy atom. The van der Waals surface area contributed by atoms with Crippen molar-refractivity contribution in [2.24, 2.45) is 0 Å². The summed E-state index contributed by atoms with van der Waals surface area (Å²) in [5.74, 6) is -0.192. The molecule has 1 N–H and O–H groups in total. The SMILES string of the molecule is O=C1c2ccccc2N[C@@H](c2cccc([N+](=O)[O-])c2)N1c1ccc(Cl)cc1. The highest BCUT2D eigenvalue weighted by atomic mass is 35.5. The number of non-ortho nitro benzene ring substituents is 1. The second kappa shape index (κ2) is 6.74. The summed E-state index contributed by atoms with van der Waals surface area (Å²) in [4.78, 5) is 25.5. The maximum absolute atomic E-state index is 13.2. The first-order chi connectivity index (χ1) is 13.0. The van der Waals surface area contributed by atoms with E-state index in [9.17, 15) is 14.9 Å². The molecule has 0 saturated heterocycles. The summed E-state index contributed by atoms with van der Waals surface area (Å²) < 4.78 is 0. The monoisotopic (exact) mass is 379 g/mol. The van der Waals surface area contributed by atoms with Crippen molar-refractivity contribution in [3.63, 3.8) is 0 Å². The van der Waals surface area contributed by atoms with Gasteiger partial charge in [0.25, 0.3) is 11.6 Å². The summed E-state index contributed by atoms with van der Waals surface area (Å²) in [7, 11) is 0. The first kappa shape index (κ1) is 17.1. The maximum atomic E-state index is 13.2. The van der Waals surface area contributed by atoms with Crippen LogP contribution < -0.4 is 10.2 Å². The van der Waals surface area contributed by atoms with Crippen LogP contribution in [0.1, 0.15) is 22.1 Å². The fraction of sp³-hybridized carbons (Fsp3) is 0.0500. The topological polar surface area (TPSA) is 75.5 Å². The normalized spacial score (nSPS) is 15.8. The summed E-state index contributed by atoms with van der Waals surface area (Å²) in [6.07, 6.45) is -0.589. The van der Waals surface area contributed by atoms with E-state index in [1.807, 2.05) is 12.1 Å². The summed E-state index contributed by atoms with van der Waals surface area (Å²) in [5, 5.41) is 15.1. The summed E-state index contributed by atoms with van der Waals surface area (Å²) in [6, 6.07) is 20.4. The Kier molecular flexibility index (Phi) is 4.25. The van der Waals surface area contributed by atoms with Crippen LogP contribution in [0.5, 0.6) is 0 Å². The molecule has 6 nitrogen and oxygen atoms in total. The minimum atomic E-state index is -0.589. The molecule has 0 unspecified atom stereocenters. The van der Waals surface area contributed by atoms with E-state index >= 15 is 0 Å². The Morgan fingerprint density at radius 1 is 1.00 bits per heavy atom. The molecule has 4 rings (SSSR count). The number of carbonyl (C=O) groups is 1. The summed E-state index contributed by atoms with van der Waals surface area (Å²) in [6.45, 7) is 0. The molecule has 0 aliphatic carbocycles. The van der Waals surface area contributed by atoms with E-state index in [4.69, 9.17) is 11.6 Å². The van der Waals surface area contributed by atoms with Gasteiger partial charge in [0, 0.05) is 34.1 Å². The van der Waals surface area contributed by atoms with Crippen LogP contribution in [0.25, 0.3) is 0 Å². The van der Waals surface area contributed by atoms with Gasteiger partial charge in [-0.15, -0.1) is 0 Å². The molecule has 1 aliphatic rings. The molecule has 0 fully saturated rings. The van der Waals surface area contributed by atoms with Crippen molar-refractivity contribution in [3.8, 4) is 0 Å². The predicted octanol–water partition coefficient (Wildman–Crippen LogP) is 5.02. The minimum Gasteiger partial charge on any atom is -0.360 e. The van der Waals surface area contributed by atoms with Crippen LogP contribution in [0, 0.1) is 10.1 Å². The molecular weight excluding hydrogens is 366 g/mol. The molecule has 1 aliphatic heterocycles. The van der Waals surface area contributed by atoms with Crippen molar-refractivity contribution < 1.29 is 9.72 Å². The lowest BCUT2D eigenvalue weighted by atomic mass is 10.0. The number of hydrogen-bond acceptors (Lipinski definition) is 4. The van der Waals surface area contributed by atoms with Gasteiger partial charge < -0.3 is 5.32 Å². The Hall–Kier alpha value is -3.38. The smallest absolute Gasteiger partial charge is 0.269 e. The van der Waals surface area contributed by atoms with E-state index in [1.54, 1.807) is 53.4 Å². The average Bonchev–Trinajstić information content (AvgIpc) is 2.69. The molecule has 3 aromatic rings. The third-order valence-corrected chi connectivity index (χ3v) is 4.68. The molecule has 1 heterocycles. The number of anilines is 2. The molecular formula is C20H14ClN3O3. The molecule has 0 bridgehead atoms. The van der Waals surface area contributed by atoms with Gasteiger partial charge in [-0.05, 0) is 36.4 Å². The number of rotatable bonds is 3. The van der Waals surface area contributed by atoms with Gasteiger partial charge in [-0.1, -0.05) is 35.9 Å². The van der Waals surface area contributed by atoms with Crippen LogP contribution in [0.2, 0.25) is 5.02 Å². The Balaban J connectivity index is 1.86. The van der Waals surface area contributed by atoms with Gasteiger partial charge in [0.15, 0.2) is 0 Å². The average molecular weight is 380 g/mol. The highest BCUT2D eigenvalue weighted by Gasteiger charge is 2.34. The van der Waals surface area contributed by atoms with Gasteiger partial charge >= 0.3 is 0 Å². The molecule has 1 amide bonds. The molecule has 3 aromatic carbocycles. The van der Waals surface area contributed by atoms with Gasteiger partial charge in [-0.25, -0.2) is 0 Å². The van der Waals surface area contributed by atoms with E-state index in [0.717, 1.165) is 0 Å². The van der Waals surface area contributed by atoms with E-state index in [0.29, 0.717) is 27.5 Å². The van der Waals surface area contributed by atoms with Crippen LogP contribution >= 0.6 is 11.6 Å². The maximum Gasteiger partial charge on any atom is 0.269 e. The predicted molar refractivity (Wildman–Crippen MR) is 104 cm³/mol. The molecule has 1 atom stereocenters. The number of amides is 1. The molecule has 0 spiro atoms. The number of halogens is 1. The highest BCUT2D eigenvalue weighted by molar-refractivity contribution is 6.30. The Labute approximate surface area is 160 Å². The zero-order valence-corrected chi connectivity index (χ0v) is 14.8. The lowest BCUT2D eigenvalue weighted by Crippen LogP contribution is -2.43. The molecule has 0 aromatic heterocycles. The number of carbonyl (C=O) groups excluding carboxylic acids is 1. The van der Waals surface area contributed by atoms with Crippen molar-refractivity contribution in [2.75, 3.05) is 10.2 Å². The number of fused-ring (bicyclic) bond motifs is 1. The van der Waals surface area contributed by atoms with Crippen LogP contribution in [-0.2, 0) is 0 Å². The minimum absolute atomic E-state index is 0.0309. The number of hydrogen-bond donors (Lipinski definition) is 1. The van der Waals surface area contributed by atoms with E-state index in [1.165, 1.54) is 12.1 Å². The van der Waals surface area contributed by atoms with Gasteiger partial charge in [0.2, 0.25) is 0 Å². The summed E-state index contributed by atoms with van der Waals surface area (Å²) >= 11 is 5.98. The van der Waals surface area contributed by atoms with Crippen LogP contribution in [0.15, 0.2) is 72.8 Å². The lowest BCUT2D eigenvalue weighted by molar-refractivity contribution is -0.384. The molecule has 27 heavy (non-hydrogen) atoms. The van der Waals surface area contributed by atoms with Crippen LogP contribution in [0.3, 0.4) is 0 Å². The van der Waals surface area contributed by atoms with Crippen molar-refractivity contribution >= 4 is 34.6 Å².